The number of anilines is 1. The van der Waals surface area contributed by atoms with Crippen molar-refractivity contribution < 1.29 is 14.7 Å². The van der Waals surface area contributed by atoms with Gasteiger partial charge >= 0.3 is 0 Å². The molecule has 1 heterocycles. The molecule has 1 aromatic carbocycles. The molecule has 7 heteroatoms. The lowest BCUT2D eigenvalue weighted by atomic mass is 10.0. The van der Waals surface area contributed by atoms with Crippen molar-refractivity contribution in [2.45, 2.75) is 39.2 Å². The molecule has 1 aromatic heterocycles. The molecule has 0 spiro atoms. The van der Waals surface area contributed by atoms with Crippen molar-refractivity contribution in [2.75, 3.05) is 5.32 Å². The van der Waals surface area contributed by atoms with Crippen LogP contribution >= 0.6 is 11.6 Å². The van der Waals surface area contributed by atoms with Gasteiger partial charge in [0.05, 0.1) is 6.42 Å². The van der Waals surface area contributed by atoms with Gasteiger partial charge in [0.2, 0.25) is 5.91 Å². The number of halogens is 1. The van der Waals surface area contributed by atoms with Gasteiger partial charge in [-0.15, -0.1) is 0 Å². The summed E-state index contributed by atoms with van der Waals surface area (Å²) in [7, 11) is 0. The number of pyridine rings is 1. The number of rotatable bonds is 6. The Bertz CT molecular complexity index is 821. The van der Waals surface area contributed by atoms with Gasteiger partial charge in [-0.05, 0) is 50.6 Å². The van der Waals surface area contributed by atoms with Crippen molar-refractivity contribution in [3.8, 4) is 5.75 Å². The minimum absolute atomic E-state index is 0.00106. The summed E-state index contributed by atoms with van der Waals surface area (Å²) in [6, 6.07) is 7.63. The quantitative estimate of drug-likeness (QED) is 0.720. The third kappa shape index (κ3) is 5.46. The molecule has 6 nitrogen and oxygen atoms in total. The monoisotopic (exact) mass is 375 g/mol. The maximum absolute atomic E-state index is 12.3. The highest BCUT2D eigenvalue weighted by atomic mass is 35.5. The normalized spacial score (nSPS) is 11.1. The van der Waals surface area contributed by atoms with Crippen LogP contribution in [0, 0.1) is 0 Å². The van der Waals surface area contributed by atoms with E-state index in [0.717, 1.165) is 6.42 Å². The minimum atomic E-state index is -0.345. The number of aromatic hydroxyl groups is 1. The van der Waals surface area contributed by atoms with Gasteiger partial charge in [0.15, 0.2) is 0 Å². The first-order chi connectivity index (χ1) is 12.2. The maximum atomic E-state index is 12.3. The van der Waals surface area contributed by atoms with Crippen molar-refractivity contribution in [2.24, 2.45) is 0 Å². The summed E-state index contributed by atoms with van der Waals surface area (Å²) in [4.78, 5) is 28.6. The summed E-state index contributed by atoms with van der Waals surface area (Å²) in [6.45, 7) is 5.83. The van der Waals surface area contributed by atoms with Gasteiger partial charge in [-0.25, -0.2) is 0 Å². The fraction of sp³-hybridized carbons (Fsp3) is 0.316. The predicted octanol–water partition coefficient (Wildman–Crippen LogP) is 3.54. The topological polar surface area (TPSA) is 91.3 Å². The Kier molecular flexibility index (Phi) is 6.21. The number of phenolic OH excluding ortho intramolecular Hbond substituents is 1. The largest absolute Gasteiger partial charge is 0.508 e. The van der Waals surface area contributed by atoms with E-state index in [9.17, 15) is 14.7 Å². The molecule has 0 aliphatic carbocycles. The second kappa shape index (κ2) is 8.19. The van der Waals surface area contributed by atoms with Crippen LogP contribution in [0.5, 0.6) is 5.75 Å². The second-order valence-corrected chi connectivity index (χ2v) is 7.06. The third-order valence-electron chi connectivity index (χ3n) is 4.00. The number of hydrogen-bond donors (Lipinski definition) is 3. The lowest BCUT2D eigenvalue weighted by Crippen LogP contribution is -2.43. The van der Waals surface area contributed by atoms with Crippen LogP contribution in [-0.2, 0) is 11.2 Å². The number of carbonyl (C=O) groups excluding carboxylic acids is 2. The Morgan fingerprint density at radius 3 is 2.65 bits per heavy atom. The van der Waals surface area contributed by atoms with E-state index in [0.29, 0.717) is 16.3 Å². The third-order valence-corrected chi connectivity index (χ3v) is 4.24. The smallest absolute Gasteiger partial charge is 0.270 e. The zero-order valence-electron chi connectivity index (χ0n) is 15.0. The van der Waals surface area contributed by atoms with Crippen LogP contribution in [0.1, 0.15) is 43.2 Å². The number of nitrogens with zero attached hydrogens (tertiary/aromatic N) is 1. The van der Waals surface area contributed by atoms with E-state index in [1.165, 1.54) is 24.4 Å². The molecule has 0 atom stereocenters. The number of aromatic nitrogens is 1. The maximum Gasteiger partial charge on any atom is 0.270 e. The van der Waals surface area contributed by atoms with Crippen LogP contribution < -0.4 is 10.6 Å². The highest BCUT2D eigenvalue weighted by Gasteiger charge is 2.20. The first kappa shape index (κ1) is 19.7. The molecule has 0 saturated heterocycles. The van der Waals surface area contributed by atoms with Crippen LogP contribution in [0.2, 0.25) is 5.02 Å². The highest BCUT2D eigenvalue weighted by Crippen LogP contribution is 2.22. The first-order valence-electron chi connectivity index (χ1n) is 8.26. The molecule has 0 radical (unpaired) electrons. The molecule has 0 aliphatic rings. The Morgan fingerprint density at radius 2 is 1.96 bits per heavy atom. The van der Waals surface area contributed by atoms with E-state index in [2.05, 4.69) is 15.6 Å². The lowest BCUT2D eigenvalue weighted by molar-refractivity contribution is -0.115. The van der Waals surface area contributed by atoms with Crippen molar-refractivity contribution in [1.82, 2.24) is 10.3 Å². The van der Waals surface area contributed by atoms with Gasteiger partial charge in [0.1, 0.15) is 11.4 Å². The molecular weight excluding hydrogens is 354 g/mol. The number of amides is 2. The van der Waals surface area contributed by atoms with Gasteiger partial charge in [0, 0.05) is 28.0 Å². The molecule has 3 N–H and O–H groups in total. The van der Waals surface area contributed by atoms with Gasteiger partial charge in [-0.1, -0.05) is 18.5 Å². The summed E-state index contributed by atoms with van der Waals surface area (Å²) in [5.74, 6) is -0.643. The highest BCUT2D eigenvalue weighted by molar-refractivity contribution is 6.30. The molecule has 2 amide bonds. The fourth-order valence-corrected chi connectivity index (χ4v) is 2.36. The van der Waals surface area contributed by atoms with Crippen LogP contribution in [0.4, 0.5) is 5.69 Å². The lowest BCUT2D eigenvalue weighted by Gasteiger charge is -2.24. The Morgan fingerprint density at radius 1 is 1.23 bits per heavy atom. The van der Waals surface area contributed by atoms with E-state index < -0.39 is 0 Å². The van der Waals surface area contributed by atoms with Crippen LogP contribution in [-0.4, -0.2) is 27.4 Å². The minimum Gasteiger partial charge on any atom is -0.508 e. The second-order valence-electron chi connectivity index (χ2n) is 6.62. The zero-order valence-corrected chi connectivity index (χ0v) is 15.7. The van der Waals surface area contributed by atoms with E-state index in [1.54, 1.807) is 12.1 Å². The summed E-state index contributed by atoms with van der Waals surface area (Å²) >= 11 is 5.89. The Labute approximate surface area is 157 Å². The van der Waals surface area contributed by atoms with Gasteiger partial charge in [-0.2, -0.15) is 0 Å². The molecule has 0 unspecified atom stereocenters. The van der Waals surface area contributed by atoms with Crippen molar-refractivity contribution in [1.29, 1.82) is 0 Å². The number of nitrogens with one attached hydrogen (secondary N) is 2. The molecule has 2 rings (SSSR count). The van der Waals surface area contributed by atoms with Crippen LogP contribution in [0.15, 0.2) is 36.5 Å². The average molecular weight is 376 g/mol. The summed E-state index contributed by atoms with van der Waals surface area (Å²) in [6.07, 6.45) is 2.19. The molecule has 0 bridgehead atoms. The van der Waals surface area contributed by atoms with Crippen molar-refractivity contribution >= 4 is 29.1 Å². The number of carbonyl (C=O) groups is 2. The van der Waals surface area contributed by atoms with Crippen molar-refractivity contribution in [3.63, 3.8) is 0 Å². The summed E-state index contributed by atoms with van der Waals surface area (Å²) in [5.41, 5.74) is 0.745. The molecular formula is C19H22ClN3O3. The summed E-state index contributed by atoms with van der Waals surface area (Å²) < 4.78 is 0. The van der Waals surface area contributed by atoms with E-state index >= 15 is 0 Å². The molecule has 0 aliphatic heterocycles. The molecule has 2 aromatic rings. The summed E-state index contributed by atoms with van der Waals surface area (Å²) in [5, 5.41) is 15.8. The van der Waals surface area contributed by atoms with E-state index in [4.69, 9.17) is 11.6 Å². The van der Waals surface area contributed by atoms with E-state index in [-0.39, 0.29) is 35.2 Å². The van der Waals surface area contributed by atoms with Gasteiger partial charge in [0.25, 0.3) is 5.91 Å². The van der Waals surface area contributed by atoms with Crippen LogP contribution in [0.3, 0.4) is 0 Å². The molecule has 138 valence electrons. The first-order valence-corrected chi connectivity index (χ1v) is 8.64. The number of phenols is 1. The van der Waals surface area contributed by atoms with Crippen LogP contribution in [0.25, 0.3) is 0 Å². The molecule has 0 saturated carbocycles. The average Bonchev–Trinajstić information content (AvgIpc) is 2.58. The Balaban J connectivity index is 2.07. The molecule has 26 heavy (non-hydrogen) atoms. The SMILES string of the molecule is CCC(C)(C)NC(=O)c1cc(NC(=O)Cc2cc(Cl)ccc2O)ccn1. The van der Waals surface area contributed by atoms with Gasteiger partial charge < -0.3 is 15.7 Å². The zero-order chi connectivity index (χ0) is 19.3. The van der Waals surface area contributed by atoms with Crippen molar-refractivity contribution in [3.05, 3.63) is 52.8 Å². The van der Waals surface area contributed by atoms with E-state index in [1.807, 2.05) is 20.8 Å². The standard InChI is InChI=1S/C19H22ClN3O3/c1-4-19(2,3)23-18(26)15-11-14(7-8-21-15)22-17(25)10-12-9-13(20)5-6-16(12)24/h5-9,11,24H,4,10H2,1-3H3,(H,23,26)(H,21,22,25). The molecule has 0 fully saturated rings. The number of hydrogen-bond acceptors (Lipinski definition) is 4. The number of benzene rings is 1. The fourth-order valence-electron chi connectivity index (χ4n) is 2.17. The Hall–Kier alpha value is -2.60. The van der Waals surface area contributed by atoms with Gasteiger partial charge in [-0.3, -0.25) is 14.6 Å². The predicted molar refractivity (Wildman–Crippen MR) is 102 cm³/mol.